The molecule has 2 N–H and O–H groups in total. The van der Waals surface area contributed by atoms with Crippen molar-refractivity contribution in [1.29, 1.82) is 0 Å². The molecule has 4 nitrogen and oxygen atoms in total. The Labute approximate surface area is 89.0 Å². The first-order chi connectivity index (χ1) is 7.36. The largest absolute Gasteiger partial charge is 0.372 e. The fourth-order valence-electron chi connectivity index (χ4n) is 1.77. The van der Waals surface area contributed by atoms with Crippen molar-refractivity contribution in [3.63, 3.8) is 0 Å². The lowest BCUT2D eigenvalue weighted by atomic mass is 10.2. The third kappa shape index (κ3) is 2.91. The topological polar surface area (TPSA) is 54.1 Å². The predicted octanol–water partition coefficient (Wildman–Crippen LogP) is 0.966. The van der Waals surface area contributed by atoms with Crippen molar-refractivity contribution in [3.8, 4) is 0 Å². The molecule has 15 heavy (non-hydrogen) atoms. The van der Waals surface area contributed by atoms with Crippen molar-refractivity contribution >= 4 is 5.78 Å². The van der Waals surface area contributed by atoms with Crippen molar-refractivity contribution in [2.45, 2.75) is 18.9 Å². The number of hydrogen-bond donors (Lipinski definition) is 2. The van der Waals surface area contributed by atoms with E-state index in [1.807, 2.05) is 6.07 Å². The Morgan fingerprint density at radius 2 is 2.53 bits per heavy atom. The zero-order valence-electron chi connectivity index (χ0n) is 8.66. The number of nitrogens with one attached hydrogen (secondary N) is 2. The fourth-order valence-corrected chi connectivity index (χ4v) is 1.77. The third-order valence-electron chi connectivity index (χ3n) is 2.61. The summed E-state index contributed by atoms with van der Waals surface area (Å²) in [5.74, 6) is 0.0120. The van der Waals surface area contributed by atoms with Crippen LogP contribution in [0.3, 0.4) is 0 Å². The van der Waals surface area contributed by atoms with Crippen LogP contribution in [0.5, 0.6) is 0 Å². The van der Waals surface area contributed by atoms with Crippen molar-refractivity contribution < 1.29 is 9.53 Å². The number of ketones is 1. The molecule has 0 amide bonds. The maximum atomic E-state index is 11.5. The van der Waals surface area contributed by atoms with Crippen LogP contribution in [-0.4, -0.2) is 36.6 Å². The molecule has 1 unspecified atom stereocenters. The van der Waals surface area contributed by atoms with Crippen LogP contribution in [0.1, 0.15) is 23.3 Å². The number of Topliss-reactive ketones (excluding diaryl/α,β-unsaturated/α-hetero) is 1. The van der Waals surface area contributed by atoms with E-state index in [1.165, 1.54) is 6.42 Å². The molecule has 0 saturated carbocycles. The Balaban J connectivity index is 1.67. The van der Waals surface area contributed by atoms with Gasteiger partial charge in [0.2, 0.25) is 5.78 Å². The minimum absolute atomic E-state index is 0.0120. The Kier molecular flexibility index (Phi) is 3.53. The van der Waals surface area contributed by atoms with Gasteiger partial charge >= 0.3 is 0 Å². The Morgan fingerprint density at radius 1 is 1.60 bits per heavy atom. The van der Waals surface area contributed by atoms with E-state index >= 15 is 0 Å². The summed E-state index contributed by atoms with van der Waals surface area (Å²) in [4.78, 5) is 14.4. The summed E-state index contributed by atoms with van der Waals surface area (Å²) >= 11 is 0. The molecule has 1 fully saturated rings. The Hall–Kier alpha value is -1.13. The number of H-pyrrole nitrogens is 1. The van der Waals surface area contributed by atoms with Crippen molar-refractivity contribution in [3.05, 3.63) is 24.0 Å². The van der Waals surface area contributed by atoms with E-state index in [0.717, 1.165) is 13.0 Å². The van der Waals surface area contributed by atoms with E-state index in [2.05, 4.69) is 10.3 Å². The first-order valence-electron chi connectivity index (χ1n) is 5.34. The van der Waals surface area contributed by atoms with Crippen molar-refractivity contribution in [1.82, 2.24) is 10.3 Å². The normalized spacial score (nSPS) is 20.7. The van der Waals surface area contributed by atoms with E-state index in [1.54, 1.807) is 12.3 Å². The molecule has 0 radical (unpaired) electrons. The number of carbonyl (C=O) groups is 1. The van der Waals surface area contributed by atoms with Crippen molar-refractivity contribution in [2.75, 3.05) is 19.8 Å². The lowest BCUT2D eigenvalue weighted by molar-refractivity contribution is 0.0719. The van der Waals surface area contributed by atoms with Gasteiger partial charge in [-0.2, -0.15) is 0 Å². The lowest BCUT2D eigenvalue weighted by Gasteiger charge is -2.09. The number of carbonyl (C=O) groups excluding carboxylic acids is 1. The summed E-state index contributed by atoms with van der Waals surface area (Å²) in [5.41, 5.74) is 0.620. The molecule has 1 aromatic heterocycles. The number of aromatic nitrogens is 1. The number of rotatable bonds is 5. The highest BCUT2D eigenvalue weighted by Crippen LogP contribution is 2.05. The van der Waals surface area contributed by atoms with Crippen LogP contribution in [0.2, 0.25) is 0 Å². The maximum absolute atomic E-state index is 11.5. The molecule has 1 aliphatic rings. The zero-order valence-corrected chi connectivity index (χ0v) is 8.66. The van der Waals surface area contributed by atoms with Gasteiger partial charge in [-0.1, -0.05) is 0 Å². The molecular weight excluding hydrogens is 192 g/mol. The second-order valence-electron chi connectivity index (χ2n) is 3.82. The SMILES string of the molecule is O=C(COCC1CCCN1)c1ccc[nH]1. The summed E-state index contributed by atoms with van der Waals surface area (Å²) < 4.78 is 5.37. The summed E-state index contributed by atoms with van der Waals surface area (Å²) in [6, 6.07) is 4.01. The first kappa shape index (κ1) is 10.4. The van der Waals surface area contributed by atoms with E-state index < -0.39 is 0 Å². The van der Waals surface area contributed by atoms with Crippen LogP contribution in [0.15, 0.2) is 18.3 Å². The molecule has 4 heteroatoms. The summed E-state index contributed by atoms with van der Waals surface area (Å²) in [5, 5.41) is 3.32. The average Bonchev–Trinajstić information content (AvgIpc) is 2.90. The van der Waals surface area contributed by atoms with E-state index in [9.17, 15) is 4.79 Å². The first-order valence-corrected chi connectivity index (χ1v) is 5.34. The molecule has 0 aliphatic carbocycles. The molecule has 1 aromatic rings. The summed E-state index contributed by atoms with van der Waals surface area (Å²) in [6.07, 6.45) is 4.10. The van der Waals surface area contributed by atoms with E-state index in [0.29, 0.717) is 18.3 Å². The molecule has 1 aliphatic heterocycles. The zero-order chi connectivity index (χ0) is 10.5. The van der Waals surface area contributed by atoms with Crippen LogP contribution in [0, 0.1) is 0 Å². The van der Waals surface area contributed by atoms with Gasteiger partial charge in [0.15, 0.2) is 0 Å². The maximum Gasteiger partial charge on any atom is 0.204 e. The molecule has 1 saturated heterocycles. The van der Waals surface area contributed by atoms with Gasteiger partial charge in [0.25, 0.3) is 0 Å². The van der Waals surface area contributed by atoms with Gasteiger partial charge in [0, 0.05) is 12.2 Å². The molecule has 1 atom stereocenters. The smallest absolute Gasteiger partial charge is 0.204 e. The predicted molar refractivity (Wildman–Crippen MR) is 57.0 cm³/mol. The summed E-state index contributed by atoms with van der Waals surface area (Å²) in [6.45, 7) is 1.86. The van der Waals surface area contributed by atoms with Gasteiger partial charge in [-0.15, -0.1) is 0 Å². The van der Waals surface area contributed by atoms with Crippen molar-refractivity contribution in [2.24, 2.45) is 0 Å². The number of aromatic amines is 1. The monoisotopic (exact) mass is 208 g/mol. The molecular formula is C11H16N2O2. The second kappa shape index (κ2) is 5.09. The minimum Gasteiger partial charge on any atom is -0.372 e. The Morgan fingerprint density at radius 3 is 3.20 bits per heavy atom. The van der Waals surface area contributed by atoms with Crippen LogP contribution in [-0.2, 0) is 4.74 Å². The standard InChI is InChI=1S/C11H16N2O2/c14-11(10-4-2-6-13-10)8-15-7-9-3-1-5-12-9/h2,4,6,9,12-13H,1,3,5,7-8H2. The average molecular weight is 208 g/mol. The van der Waals surface area contributed by atoms with E-state index in [-0.39, 0.29) is 12.4 Å². The van der Waals surface area contributed by atoms with Gasteiger partial charge < -0.3 is 15.0 Å². The number of hydrogen-bond acceptors (Lipinski definition) is 3. The van der Waals surface area contributed by atoms with Crippen LogP contribution >= 0.6 is 0 Å². The van der Waals surface area contributed by atoms with Crippen LogP contribution in [0.4, 0.5) is 0 Å². The lowest BCUT2D eigenvalue weighted by Crippen LogP contribution is -2.28. The number of ether oxygens (including phenoxy) is 1. The highest BCUT2D eigenvalue weighted by atomic mass is 16.5. The quantitative estimate of drug-likeness (QED) is 0.709. The molecule has 0 spiro atoms. The van der Waals surface area contributed by atoms with Crippen LogP contribution in [0.25, 0.3) is 0 Å². The highest BCUT2D eigenvalue weighted by Gasteiger charge is 2.14. The molecule has 82 valence electrons. The van der Waals surface area contributed by atoms with Crippen LogP contribution < -0.4 is 5.32 Å². The van der Waals surface area contributed by atoms with Gasteiger partial charge in [-0.05, 0) is 31.5 Å². The molecule has 0 bridgehead atoms. The second-order valence-corrected chi connectivity index (χ2v) is 3.82. The third-order valence-corrected chi connectivity index (χ3v) is 2.61. The molecule has 2 heterocycles. The van der Waals surface area contributed by atoms with E-state index in [4.69, 9.17) is 4.74 Å². The van der Waals surface area contributed by atoms with Gasteiger partial charge in [0.05, 0.1) is 12.3 Å². The molecule has 2 rings (SSSR count). The minimum atomic E-state index is 0.0120. The van der Waals surface area contributed by atoms with Gasteiger partial charge in [0.1, 0.15) is 6.61 Å². The summed E-state index contributed by atoms with van der Waals surface area (Å²) in [7, 11) is 0. The molecule has 0 aromatic carbocycles. The van der Waals surface area contributed by atoms with Gasteiger partial charge in [-0.25, -0.2) is 0 Å². The highest BCUT2D eigenvalue weighted by molar-refractivity contribution is 5.95. The fraction of sp³-hybridized carbons (Fsp3) is 0.545. The van der Waals surface area contributed by atoms with Gasteiger partial charge in [-0.3, -0.25) is 4.79 Å². The Bertz CT molecular complexity index is 302.